The molecule has 2 N–H and O–H groups in total. The van der Waals surface area contributed by atoms with Gasteiger partial charge < -0.3 is 5.73 Å². The average Bonchev–Trinajstić information content (AvgIpc) is 2.16. The van der Waals surface area contributed by atoms with Gasteiger partial charge in [-0.15, -0.1) is 0 Å². The molecule has 3 heteroatoms. The van der Waals surface area contributed by atoms with Gasteiger partial charge in [-0.05, 0) is 23.6 Å². The van der Waals surface area contributed by atoms with Gasteiger partial charge >= 0.3 is 0 Å². The van der Waals surface area contributed by atoms with E-state index in [1.54, 1.807) is 12.4 Å². The topological polar surface area (TPSA) is 38.9 Å². The first-order valence-electron chi connectivity index (χ1n) is 3.74. The van der Waals surface area contributed by atoms with Crippen LogP contribution in [0, 0.1) is 0 Å². The SMILES string of the molecule is NC/C(=C/F)Cc1cccnc1. The van der Waals surface area contributed by atoms with E-state index in [0.717, 1.165) is 5.56 Å². The van der Waals surface area contributed by atoms with Crippen molar-refractivity contribution in [2.45, 2.75) is 6.42 Å². The molecule has 0 aromatic carbocycles. The third-order valence-corrected chi connectivity index (χ3v) is 1.57. The maximum absolute atomic E-state index is 12.1. The van der Waals surface area contributed by atoms with Gasteiger partial charge in [-0.3, -0.25) is 4.98 Å². The van der Waals surface area contributed by atoms with Gasteiger partial charge in [0.2, 0.25) is 0 Å². The molecule has 0 aliphatic carbocycles. The average molecular weight is 166 g/mol. The van der Waals surface area contributed by atoms with E-state index < -0.39 is 0 Å². The van der Waals surface area contributed by atoms with E-state index in [1.807, 2.05) is 12.1 Å². The van der Waals surface area contributed by atoms with Crippen LogP contribution < -0.4 is 5.73 Å². The number of aromatic nitrogens is 1. The van der Waals surface area contributed by atoms with Crippen molar-refractivity contribution in [2.24, 2.45) is 5.73 Å². The van der Waals surface area contributed by atoms with Crippen LogP contribution in [0.1, 0.15) is 5.56 Å². The van der Waals surface area contributed by atoms with Crippen molar-refractivity contribution in [1.29, 1.82) is 0 Å². The van der Waals surface area contributed by atoms with E-state index in [-0.39, 0.29) is 6.54 Å². The highest BCUT2D eigenvalue weighted by molar-refractivity contribution is 5.17. The number of halogens is 1. The second-order valence-electron chi connectivity index (χ2n) is 2.51. The highest BCUT2D eigenvalue weighted by atomic mass is 19.1. The lowest BCUT2D eigenvalue weighted by atomic mass is 10.1. The zero-order valence-corrected chi connectivity index (χ0v) is 6.70. The predicted octanol–water partition coefficient (Wildman–Crippen LogP) is 1.44. The minimum Gasteiger partial charge on any atom is -0.327 e. The third kappa shape index (κ3) is 2.43. The Morgan fingerprint density at radius 2 is 2.50 bits per heavy atom. The molecule has 0 saturated heterocycles. The van der Waals surface area contributed by atoms with E-state index in [0.29, 0.717) is 18.3 Å². The monoisotopic (exact) mass is 166 g/mol. The summed E-state index contributed by atoms with van der Waals surface area (Å²) >= 11 is 0. The molecule has 1 aromatic rings. The van der Waals surface area contributed by atoms with Crippen LogP contribution in [0.2, 0.25) is 0 Å². The van der Waals surface area contributed by atoms with Gasteiger partial charge in [0.25, 0.3) is 0 Å². The van der Waals surface area contributed by atoms with Gasteiger partial charge in [0, 0.05) is 18.9 Å². The highest BCUT2D eigenvalue weighted by Crippen LogP contribution is 2.04. The maximum atomic E-state index is 12.1. The number of hydrogen-bond donors (Lipinski definition) is 1. The second kappa shape index (κ2) is 4.62. The van der Waals surface area contributed by atoms with Crippen molar-refractivity contribution in [3.63, 3.8) is 0 Å². The van der Waals surface area contributed by atoms with Crippen LogP contribution in [-0.4, -0.2) is 11.5 Å². The highest BCUT2D eigenvalue weighted by Gasteiger charge is 1.96. The van der Waals surface area contributed by atoms with Gasteiger partial charge in [0.1, 0.15) is 0 Å². The minimum absolute atomic E-state index is 0.255. The summed E-state index contributed by atoms with van der Waals surface area (Å²) in [5, 5.41) is 0. The molecule has 1 aromatic heterocycles. The molecule has 0 unspecified atom stereocenters. The summed E-state index contributed by atoms with van der Waals surface area (Å²) in [6, 6.07) is 3.72. The van der Waals surface area contributed by atoms with E-state index >= 15 is 0 Å². The van der Waals surface area contributed by atoms with Crippen LogP contribution in [0.3, 0.4) is 0 Å². The second-order valence-corrected chi connectivity index (χ2v) is 2.51. The molecule has 12 heavy (non-hydrogen) atoms. The summed E-state index contributed by atoms with van der Waals surface area (Å²) < 4.78 is 12.1. The molecule has 0 saturated carbocycles. The van der Waals surface area contributed by atoms with Crippen molar-refractivity contribution < 1.29 is 4.39 Å². The number of nitrogens with two attached hydrogens (primary N) is 1. The summed E-state index contributed by atoms with van der Waals surface area (Å²) in [5.41, 5.74) is 6.87. The van der Waals surface area contributed by atoms with Crippen LogP contribution >= 0.6 is 0 Å². The number of nitrogens with zero attached hydrogens (tertiary/aromatic N) is 1. The predicted molar refractivity (Wildman–Crippen MR) is 46.2 cm³/mol. The molecule has 1 rings (SSSR count). The van der Waals surface area contributed by atoms with Crippen molar-refractivity contribution in [3.05, 3.63) is 42.0 Å². The van der Waals surface area contributed by atoms with E-state index in [9.17, 15) is 4.39 Å². The lowest BCUT2D eigenvalue weighted by Gasteiger charge is -2.00. The lowest BCUT2D eigenvalue weighted by molar-refractivity contribution is 0.699. The fourth-order valence-electron chi connectivity index (χ4n) is 0.920. The van der Waals surface area contributed by atoms with E-state index in [2.05, 4.69) is 4.98 Å². The Morgan fingerprint density at radius 1 is 1.67 bits per heavy atom. The zero-order chi connectivity index (χ0) is 8.81. The summed E-state index contributed by atoms with van der Waals surface area (Å²) in [4.78, 5) is 3.92. The standard InChI is InChI=1S/C9H11FN2/c10-5-9(6-11)4-8-2-1-3-12-7-8/h1-3,5,7H,4,6,11H2/b9-5+. The maximum Gasteiger partial charge on any atom is 0.0875 e. The summed E-state index contributed by atoms with van der Waals surface area (Å²) in [7, 11) is 0. The van der Waals surface area contributed by atoms with E-state index in [1.165, 1.54) is 0 Å². The molecule has 0 atom stereocenters. The molecule has 0 spiro atoms. The molecule has 0 radical (unpaired) electrons. The molecule has 0 fully saturated rings. The molecular weight excluding hydrogens is 155 g/mol. The minimum atomic E-state index is 0.255. The lowest BCUT2D eigenvalue weighted by Crippen LogP contribution is -2.05. The van der Waals surface area contributed by atoms with Crippen molar-refractivity contribution in [1.82, 2.24) is 4.98 Å². The Kier molecular flexibility index (Phi) is 3.41. The van der Waals surface area contributed by atoms with Gasteiger partial charge in [-0.25, -0.2) is 4.39 Å². The Hall–Kier alpha value is -1.22. The molecule has 0 amide bonds. The normalized spacial score (nSPS) is 11.7. The Morgan fingerprint density at radius 3 is 3.00 bits per heavy atom. The Balaban J connectivity index is 2.64. The van der Waals surface area contributed by atoms with Crippen molar-refractivity contribution in [3.8, 4) is 0 Å². The number of hydrogen-bond acceptors (Lipinski definition) is 2. The summed E-state index contributed by atoms with van der Waals surface area (Å²) in [6.45, 7) is 0.255. The van der Waals surface area contributed by atoms with Gasteiger partial charge in [0.05, 0.1) is 6.33 Å². The molecule has 0 bridgehead atoms. The molecule has 1 heterocycles. The molecule has 0 aliphatic heterocycles. The third-order valence-electron chi connectivity index (χ3n) is 1.57. The van der Waals surface area contributed by atoms with Crippen LogP contribution in [0.15, 0.2) is 36.4 Å². The van der Waals surface area contributed by atoms with Crippen LogP contribution in [0.4, 0.5) is 4.39 Å². The Bertz CT molecular complexity index is 256. The van der Waals surface area contributed by atoms with Gasteiger partial charge in [-0.1, -0.05) is 6.07 Å². The molecule has 0 aliphatic rings. The Labute approximate surface area is 70.9 Å². The number of pyridine rings is 1. The summed E-state index contributed by atoms with van der Waals surface area (Å²) in [5.74, 6) is 0. The fourth-order valence-corrected chi connectivity index (χ4v) is 0.920. The van der Waals surface area contributed by atoms with Crippen LogP contribution in [0.5, 0.6) is 0 Å². The van der Waals surface area contributed by atoms with Crippen molar-refractivity contribution in [2.75, 3.05) is 6.54 Å². The van der Waals surface area contributed by atoms with Crippen LogP contribution in [-0.2, 0) is 6.42 Å². The number of rotatable bonds is 3. The van der Waals surface area contributed by atoms with Gasteiger partial charge in [-0.2, -0.15) is 0 Å². The smallest absolute Gasteiger partial charge is 0.0875 e. The van der Waals surface area contributed by atoms with Crippen LogP contribution in [0.25, 0.3) is 0 Å². The first-order valence-corrected chi connectivity index (χ1v) is 3.74. The van der Waals surface area contributed by atoms with E-state index in [4.69, 9.17) is 5.73 Å². The van der Waals surface area contributed by atoms with Gasteiger partial charge in [0.15, 0.2) is 0 Å². The molecular formula is C9H11FN2. The first kappa shape index (κ1) is 8.87. The quantitative estimate of drug-likeness (QED) is 0.737. The summed E-state index contributed by atoms with van der Waals surface area (Å²) in [6.07, 6.45) is 4.50. The first-order chi connectivity index (χ1) is 5.86. The molecule has 2 nitrogen and oxygen atoms in total. The molecule has 64 valence electrons. The zero-order valence-electron chi connectivity index (χ0n) is 6.70. The fraction of sp³-hybridized carbons (Fsp3) is 0.222. The van der Waals surface area contributed by atoms with Crippen molar-refractivity contribution >= 4 is 0 Å². The largest absolute Gasteiger partial charge is 0.327 e.